The molecule has 104 valence electrons. The van der Waals surface area contributed by atoms with Crippen LogP contribution in [0.3, 0.4) is 0 Å². The van der Waals surface area contributed by atoms with E-state index in [1.165, 1.54) is 17.6 Å². The van der Waals surface area contributed by atoms with Crippen LogP contribution in [0, 0.1) is 11.8 Å². The largest absolute Gasteiger partial charge is 0.384 e. The quantitative estimate of drug-likeness (QED) is 0.603. The Balaban J connectivity index is 2.43. The molecule has 0 unspecified atom stereocenters. The number of nitrogens with one attached hydrogen (secondary N) is 1. The summed E-state index contributed by atoms with van der Waals surface area (Å²) < 4.78 is 21.8. The Morgan fingerprint density at radius 2 is 2.26 bits per heavy atom. The van der Waals surface area contributed by atoms with Gasteiger partial charge in [0.25, 0.3) is 5.91 Å². The smallest absolute Gasteiger partial charge is 0.252 e. The van der Waals surface area contributed by atoms with Gasteiger partial charge in [0.15, 0.2) is 0 Å². The van der Waals surface area contributed by atoms with Crippen LogP contribution in [-0.2, 0) is 9.84 Å². The molecule has 1 aromatic heterocycles. The number of carbonyl (C=O) groups excluding carboxylic acids is 1. The maximum Gasteiger partial charge on any atom is 0.252 e. The number of thiophene rings is 1. The van der Waals surface area contributed by atoms with E-state index in [0.717, 1.165) is 0 Å². The van der Waals surface area contributed by atoms with E-state index in [0.29, 0.717) is 23.4 Å². The summed E-state index contributed by atoms with van der Waals surface area (Å²) in [4.78, 5) is 12.4. The predicted molar refractivity (Wildman–Crippen MR) is 74.9 cm³/mol. The number of aliphatic hydroxyl groups excluding tert-OH is 1. The number of carbonyl (C=O) groups is 1. The van der Waals surface area contributed by atoms with Crippen LogP contribution < -0.4 is 5.32 Å². The van der Waals surface area contributed by atoms with Gasteiger partial charge in [-0.2, -0.15) is 0 Å². The number of sulfone groups is 1. The van der Waals surface area contributed by atoms with Gasteiger partial charge in [0.05, 0.1) is 16.2 Å². The van der Waals surface area contributed by atoms with Gasteiger partial charge in [0, 0.05) is 18.2 Å². The summed E-state index contributed by atoms with van der Waals surface area (Å²) in [7, 11) is -2.98. The molecule has 1 heterocycles. The van der Waals surface area contributed by atoms with E-state index in [1.54, 1.807) is 11.4 Å². The number of rotatable bonds is 5. The lowest BCUT2D eigenvalue weighted by molar-refractivity contribution is 0.0954. The Morgan fingerprint density at radius 3 is 2.89 bits per heavy atom. The molecular formula is C12H15NO4S2. The molecule has 0 saturated heterocycles. The summed E-state index contributed by atoms with van der Waals surface area (Å²) in [6, 6.07) is 1.64. The second-order valence-corrected chi connectivity index (χ2v) is 7.07. The molecule has 0 aliphatic carbocycles. The van der Waals surface area contributed by atoms with Gasteiger partial charge in [-0.25, -0.2) is 8.42 Å². The van der Waals surface area contributed by atoms with Crippen LogP contribution in [-0.4, -0.2) is 44.6 Å². The minimum absolute atomic E-state index is 0.0597. The van der Waals surface area contributed by atoms with E-state index in [9.17, 15) is 13.2 Å². The van der Waals surface area contributed by atoms with Crippen LogP contribution in [0.2, 0.25) is 0 Å². The molecule has 7 heteroatoms. The van der Waals surface area contributed by atoms with Gasteiger partial charge < -0.3 is 10.4 Å². The summed E-state index contributed by atoms with van der Waals surface area (Å²) >= 11 is 1.32. The highest BCUT2D eigenvalue weighted by atomic mass is 32.2. The van der Waals surface area contributed by atoms with Crippen molar-refractivity contribution < 1.29 is 18.3 Å². The monoisotopic (exact) mass is 301 g/mol. The van der Waals surface area contributed by atoms with Crippen molar-refractivity contribution in [2.75, 3.05) is 25.2 Å². The van der Waals surface area contributed by atoms with Gasteiger partial charge in [-0.15, -0.1) is 11.3 Å². The minimum atomic E-state index is -2.98. The Bertz CT molecular complexity index is 593. The van der Waals surface area contributed by atoms with Crippen molar-refractivity contribution in [3.8, 4) is 11.8 Å². The Kier molecular flexibility index (Phi) is 6.02. The highest BCUT2D eigenvalue weighted by molar-refractivity contribution is 7.90. The zero-order valence-electron chi connectivity index (χ0n) is 10.5. The number of aliphatic hydroxyl groups is 1. The molecule has 1 aromatic rings. The first-order chi connectivity index (χ1) is 8.92. The molecule has 5 nitrogen and oxygen atoms in total. The molecule has 1 amide bonds. The van der Waals surface area contributed by atoms with Gasteiger partial charge in [0.2, 0.25) is 0 Å². The van der Waals surface area contributed by atoms with Crippen molar-refractivity contribution in [2.24, 2.45) is 0 Å². The van der Waals surface area contributed by atoms with Crippen LogP contribution in [0.5, 0.6) is 0 Å². The third-order valence-corrected chi connectivity index (χ3v) is 4.01. The highest BCUT2D eigenvalue weighted by Gasteiger charge is 2.08. The van der Waals surface area contributed by atoms with Crippen LogP contribution in [0.25, 0.3) is 0 Å². The van der Waals surface area contributed by atoms with Gasteiger partial charge in [-0.05, 0) is 12.5 Å². The Morgan fingerprint density at radius 1 is 1.53 bits per heavy atom. The van der Waals surface area contributed by atoms with Crippen LogP contribution in [0.1, 0.15) is 21.7 Å². The molecule has 1 rings (SSSR count). The summed E-state index contributed by atoms with van der Waals surface area (Å²) in [5.74, 6) is 5.03. The normalized spacial score (nSPS) is 10.6. The highest BCUT2D eigenvalue weighted by Crippen LogP contribution is 2.13. The fourth-order valence-electron chi connectivity index (χ4n) is 1.29. The van der Waals surface area contributed by atoms with Crippen LogP contribution in [0.4, 0.5) is 0 Å². The maximum absolute atomic E-state index is 11.7. The van der Waals surface area contributed by atoms with Gasteiger partial charge >= 0.3 is 0 Å². The van der Waals surface area contributed by atoms with Crippen molar-refractivity contribution in [2.45, 2.75) is 6.42 Å². The van der Waals surface area contributed by atoms with Crippen molar-refractivity contribution >= 4 is 27.1 Å². The van der Waals surface area contributed by atoms with Crippen LogP contribution in [0.15, 0.2) is 11.4 Å². The Hall–Kier alpha value is -1.36. The lowest BCUT2D eigenvalue weighted by Crippen LogP contribution is -2.25. The molecule has 0 aromatic carbocycles. The van der Waals surface area contributed by atoms with E-state index in [1.807, 2.05) is 0 Å². The van der Waals surface area contributed by atoms with Crippen molar-refractivity contribution in [1.82, 2.24) is 5.32 Å². The van der Waals surface area contributed by atoms with Crippen molar-refractivity contribution in [3.63, 3.8) is 0 Å². The number of hydrogen-bond donors (Lipinski definition) is 2. The standard InChI is InChI=1S/C12H15NO4S2/c1-19(16,17)7-3-5-13-12(15)10-8-11(18-9-10)4-2-6-14/h8-9,14H,3,5-7H2,1H3,(H,13,15). The summed E-state index contributed by atoms with van der Waals surface area (Å²) in [5, 5.41) is 12.9. The van der Waals surface area contributed by atoms with Gasteiger partial charge in [-0.3, -0.25) is 4.79 Å². The fourth-order valence-corrected chi connectivity index (χ4v) is 2.71. The van der Waals surface area contributed by atoms with E-state index in [-0.39, 0.29) is 18.3 Å². The predicted octanol–water partition coefficient (Wildman–Crippen LogP) is 0.256. The van der Waals surface area contributed by atoms with E-state index < -0.39 is 9.84 Å². The third-order valence-electron chi connectivity index (χ3n) is 2.13. The molecule has 0 saturated carbocycles. The second-order valence-electron chi connectivity index (χ2n) is 3.90. The lowest BCUT2D eigenvalue weighted by Gasteiger charge is -2.02. The number of amides is 1. The maximum atomic E-state index is 11.7. The minimum Gasteiger partial charge on any atom is -0.384 e. The lowest BCUT2D eigenvalue weighted by atomic mass is 10.3. The average Bonchev–Trinajstić information content (AvgIpc) is 2.79. The fraction of sp³-hybridized carbons (Fsp3) is 0.417. The second kappa shape index (κ2) is 7.28. The summed E-state index contributed by atoms with van der Waals surface area (Å²) in [6.07, 6.45) is 1.56. The molecule has 0 bridgehead atoms. The molecule has 0 spiro atoms. The zero-order chi connectivity index (χ0) is 14.3. The zero-order valence-corrected chi connectivity index (χ0v) is 12.1. The first-order valence-corrected chi connectivity index (χ1v) is 8.50. The first-order valence-electron chi connectivity index (χ1n) is 5.56. The molecule has 0 aliphatic rings. The summed E-state index contributed by atoms with van der Waals surface area (Å²) in [5.41, 5.74) is 0.492. The summed E-state index contributed by atoms with van der Waals surface area (Å²) in [6.45, 7) is 0.102. The van der Waals surface area contributed by atoms with Gasteiger partial charge in [-0.1, -0.05) is 11.8 Å². The molecule has 0 fully saturated rings. The van der Waals surface area contributed by atoms with E-state index >= 15 is 0 Å². The molecule has 19 heavy (non-hydrogen) atoms. The average molecular weight is 301 g/mol. The van der Waals surface area contributed by atoms with Crippen LogP contribution >= 0.6 is 11.3 Å². The molecular weight excluding hydrogens is 286 g/mol. The molecule has 2 N–H and O–H groups in total. The SMILES string of the molecule is CS(=O)(=O)CCCNC(=O)c1csc(C#CCO)c1. The topological polar surface area (TPSA) is 83.5 Å². The first kappa shape index (κ1) is 15.7. The number of hydrogen-bond acceptors (Lipinski definition) is 5. The van der Waals surface area contributed by atoms with E-state index in [4.69, 9.17) is 5.11 Å². The molecule has 0 aliphatic heterocycles. The third kappa shape index (κ3) is 6.38. The van der Waals surface area contributed by atoms with Crippen molar-refractivity contribution in [1.29, 1.82) is 0 Å². The van der Waals surface area contributed by atoms with E-state index in [2.05, 4.69) is 17.2 Å². The van der Waals surface area contributed by atoms with Crippen molar-refractivity contribution in [3.05, 3.63) is 21.9 Å². The molecule has 0 atom stereocenters. The molecule has 0 radical (unpaired) electrons. The van der Waals surface area contributed by atoms with Gasteiger partial charge in [0.1, 0.15) is 16.4 Å². The Labute approximate surface area is 116 Å².